The maximum absolute atomic E-state index is 11.6. The lowest BCUT2D eigenvalue weighted by Crippen LogP contribution is -2.24. The van der Waals surface area contributed by atoms with Crippen molar-refractivity contribution in [3.63, 3.8) is 0 Å². The van der Waals surface area contributed by atoms with E-state index in [-0.39, 0.29) is 5.91 Å². The van der Waals surface area contributed by atoms with Gasteiger partial charge in [-0.3, -0.25) is 4.79 Å². The molecule has 0 fully saturated rings. The van der Waals surface area contributed by atoms with Crippen molar-refractivity contribution < 1.29 is 14.3 Å². The molecule has 1 aromatic carbocycles. The van der Waals surface area contributed by atoms with E-state index in [1.54, 1.807) is 0 Å². The lowest BCUT2D eigenvalue weighted by molar-refractivity contribution is -0.121. The fourth-order valence-corrected chi connectivity index (χ4v) is 2.19. The summed E-state index contributed by atoms with van der Waals surface area (Å²) in [5, 5.41) is 2.94. The molecule has 0 radical (unpaired) electrons. The molecule has 0 aliphatic carbocycles. The quantitative estimate of drug-likeness (QED) is 0.780. The van der Waals surface area contributed by atoms with Crippen LogP contribution in [-0.4, -0.2) is 25.7 Å². The fraction of sp³-hybridized carbons (Fsp3) is 0.562. The number of carbonyl (C=O) groups is 1. The van der Waals surface area contributed by atoms with E-state index in [1.807, 2.05) is 18.2 Å². The van der Waals surface area contributed by atoms with Crippen LogP contribution in [0, 0.1) is 0 Å². The van der Waals surface area contributed by atoms with E-state index in [0.29, 0.717) is 19.6 Å². The summed E-state index contributed by atoms with van der Waals surface area (Å²) in [6, 6.07) is 6.01. The second kappa shape index (κ2) is 7.78. The van der Waals surface area contributed by atoms with Gasteiger partial charge < -0.3 is 14.8 Å². The molecule has 2 rings (SSSR count). The highest BCUT2D eigenvalue weighted by atomic mass is 16.6. The predicted octanol–water partition coefficient (Wildman–Crippen LogP) is 2.70. The standard InChI is InChI=1S/C16H23NO3/c1-2-3-9-17-16(18)6-4-5-13-7-8-14-15(12-13)20-11-10-19-14/h7-8,12H,2-6,9-11H2,1H3,(H,17,18). The number of unbranched alkanes of at least 4 members (excludes halogenated alkanes) is 1. The molecule has 4 heteroatoms. The number of hydrogen-bond donors (Lipinski definition) is 1. The average Bonchev–Trinajstić information content (AvgIpc) is 2.47. The van der Waals surface area contributed by atoms with Crippen LogP contribution >= 0.6 is 0 Å². The molecule has 0 aromatic heterocycles. The lowest BCUT2D eigenvalue weighted by Gasteiger charge is -2.18. The van der Waals surface area contributed by atoms with Crippen LogP contribution in [0.4, 0.5) is 0 Å². The Bertz CT molecular complexity index is 445. The number of ether oxygens (including phenoxy) is 2. The van der Waals surface area contributed by atoms with Crippen molar-refractivity contribution >= 4 is 5.91 Å². The number of nitrogens with one attached hydrogen (secondary N) is 1. The molecule has 0 unspecified atom stereocenters. The first-order valence-corrected chi connectivity index (χ1v) is 7.45. The minimum atomic E-state index is 0.149. The summed E-state index contributed by atoms with van der Waals surface area (Å²) in [7, 11) is 0. The lowest BCUT2D eigenvalue weighted by atomic mass is 10.1. The maximum atomic E-state index is 11.6. The van der Waals surface area contributed by atoms with Crippen LogP contribution in [0.2, 0.25) is 0 Å². The first-order valence-electron chi connectivity index (χ1n) is 7.45. The second-order valence-electron chi connectivity index (χ2n) is 5.04. The van der Waals surface area contributed by atoms with Gasteiger partial charge in [0.25, 0.3) is 0 Å². The number of rotatable bonds is 7. The van der Waals surface area contributed by atoms with Gasteiger partial charge in [-0.25, -0.2) is 0 Å². The summed E-state index contributed by atoms with van der Waals surface area (Å²) in [6.07, 6.45) is 4.49. The predicted molar refractivity (Wildman–Crippen MR) is 78.3 cm³/mol. The Balaban J connectivity index is 1.72. The third-order valence-electron chi connectivity index (χ3n) is 3.33. The zero-order chi connectivity index (χ0) is 14.2. The fourth-order valence-electron chi connectivity index (χ4n) is 2.19. The van der Waals surface area contributed by atoms with Crippen LogP contribution in [0.1, 0.15) is 38.2 Å². The Labute approximate surface area is 120 Å². The molecule has 0 atom stereocenters. The number of benzene rings is 1. The van der Waals surface area contributed by atoms with Crippen molar-refractivity contribution in [1.82, 2.24) is 5.32 Å². The Morgan fingerprint density at radius 3 is 2.80 bits per heavy atom. The molecule has 1 aliphatic rings. The van der Waals surface area contributed by atoms with Gasteiger partial charge in [0.1, 0.15) is 13.2 Å². The molecule has 1 N–H and O–H groups in total. The SMILES string of the molecule is CCCCNC(=O)CCCc1ccc2c(c1)OCCO2. The van der Waals surface area contributed by atoms with Gasteiger partial charge in [0.15, 0.2) is 11.5 Å². The van der Waals surface area contributed by atoms with Gasteiger partial charge in [-0.2, -0.15) is 0 Å². The number of fused-ring (bicyclic) bond motifs is 1. The molecule has 1 heterocycles. The molecule has 1 aliphatic heterocycles. The molecular formula is C16H23NO3. The normalized spacial score (nSPS) is 13.1. The van der Waals surface area contributed by atoms with Gasteiger partial charge >= 0.3 is 0 Å². The number of amides is 1. The van der Waals surface area contributed by atoms with Crippen molar-refractivity contribution in [1.29, 1.82) is 0 Å². The molecule has 0 bridgehead atoms. The summed E-state index contributed by atoms with van der Waals surface area (Å²) in [4.78, 5) is 11.6. The van der Waals surface area contributed by atoms with Crippen LogP contribution in [0.15, 0.2) is 18.2 Å². The minimum Gasteiger partial charge on any atom is -0.486 e. The average molecular weight is 277 g/mol. The first kappa shape index (κ1) is 14.7. The largest absolute Gasteiger partial charge is 0.486 e. The van der Waals surface area contributed by atoms with Crippen molar-refractivity contribution in [3.05, 3.63) is 23.8 Å². The zero-order valence-electron chi connectivity index (χ0n) is 12.1. The highest BCUT2D eigenvalue weighted by molar-refractivity contribution is 5.75. The number of hydrogen-bond acceptors (Lipinski definition) is 3. The summed E-state index contributed by atoms with van der Waals surface area (Å²) >= 11 is 0. The summed E-state index contributed by atoms with van der Waals surface area (Å²) < 4.78 is 11.0. The zero-order valence-corrected chi connectivity index (χ0v) is 12.1. The van der Waals surface area contributed by atoms with E-state index in [1.165, 1.54) is 5.56 Å². The molecule has 0 saturated carbocycles. The topological polar surface area (TPSA) is 47.6 Å². The van der Waals surface area contributed by atoms with Crippen molar-refractivity contribution in [3.8, 4) is 11.5 Å². The van der Waals surface area contributed by atoms with E-state index in [4.69, 9.17) is 9.47 Å². The monoisotopic (exact) mass is 277 g/mol. The Morgan fingerprint density at radius 2 is 2.00 bits per heavy atom. The molecular weight excluding hydrogens is 254 g/mol. The molecule has 20 heavy (non-hydrogen) atoms. The van der Waals surface area contributed by atoms with E-state index < -0.39 is 0 Å². The molecule has 1 amide bonds. The van der Waals surface area contributed by atoms with Crippen molar-refractivity contribution in [2.75, 3.05) is 19.8 Å². The molecule has 1 aromatic rings. The Kier molecular flexibility index (Phi) is 5.71. The third-order valence-corrected chi connectivity index (χ3v) is 3.33. The van der Waals surface area contributed by atoms with Crippen molar-refractivity contribution in [2.45, 2.75) is 39.0 Å². The first-order chi connectivity index (χ1) is 9.79. The second-order valence-corrected chi connectivity index (χ2v) is 5.04. The van der Waals surface area contributed by atoms with E-state index in [0.717, 1.165) is 43.7 Å². The maximum Gasteiger partial charge on any atom is 0.220 e. The molecule has 0 saturated heterocycles. The van der Waals surface area contributed by atoms with Gasteiger partial charge in [-0.1, -0.05) is 19.4 Å². The Hall–Kier alpha value is -1.71. The third kappa shape index (κ3) is 4.44. The van der Waals surface area contributed by atoms with Gasteiger partial charge in [0.05, 0.1) is 0 Å². The van der Waals surface area contributed by atoms with Crippen LogP contribution in [0.5, 0.6) is 11.5 Å². The van der Waals surface area contributed by atoms with E-state index in [9.17, 15) is 4.79 Å². The molecule has 110 valence electrons. The Morgan fingerprint density at radius 1 is 1.20 bits per heavy atom. The van der Waals surface area contributed by atoms with Gasteiger partial charge in [-0.05, 0) is 37.0 Å². The van der Waals surface area contributed by atoms with Crippen molar-refractivity contribution in [2.24, 2.45) is 0 Å². The van der Waals surface area contributed by atoms with Gasteiger partial charge in [0, 0.05) is 13.0 Å². The number of aryl methyl sites for hydroxylation is 1. The van der Waals surface area contributed by atoms with Gasteiger partial charge in [0.2, 0.25) is 5.91 Å². The highest BCUT2D eigenvalue weighted by Gasteiger charge is 2.11. The van der Waals surface area contributed by atoms with Gasteiger partial charge in [-0.15, -0.1) is 0 Å². The van der Waals surface area contributed by atoms with Crippen LogP contribution in [0.25, 0.3) is 0 Å². The summed E-state index contributed by atoms with van der Waals surface area (Å²) in [5.41, 5.74) is 1.19. The van der Waals surface area contributed by atoms with E-state index in [2.05, 4.69) is 12.2 Å². The van der Waals surface area contributed by atoms with Crippen LogP contribution in [-0.2, 0) is 11.2 Å². The highest BCUT2D eigenvalue weighted by Crippen LogP contribution is 2.31. The van der Waals surface area contributed by atoms with E-state index >= 15 is 0 Å². The summed E-state index contributed by atoms with van der Waals surface area (Å²) in [6.45, 7) is 4.13. The smallest absolute Gasteiger partial charge is 0.220 e. The minimum absolute atomic E-state index is 0.149. The van der Waals surface area contributed by atoms with Crippen LogP contribution < -0.4 is 14.8 Å². The molecule has 0 spiro atoms. The van der Waals surface area contributed by atoms with Crippen LogP contribution in [0.3, 0.4) is 0 Å². The molecule has 4 nitrogen and oxygen atoms in total. The summed E-state index contributed by atoms with van der Waals surface area (Å²) in [5.74, 6) is 1.79. The number of carbonyl (C=O) groups excluding carboxylic acids is 1.